The molecule has 25 heavy (non-hydrogen) atoms. The molecule has 0 atom stereocenters. The van der Waals surface area contributed by atoms with Crippen molar-refractivity contribution in [1.82, 2.24) is 4.67 Å². The van der Waals surface area contributed by atoms with Crippen LogP contribution in [0.4, 0.5) is 5.69 Å². The zero-order chi connectivity index (χ0) is 17.6. The lowest BCUT2D eigenvalue weighted by atomic mass is 10.0. The number of benzene rings is 3. The van der Waals surface area contributed by atoms with Gasteiger partial charge in [-0.1, -0.05) is 40.6 Å². The number of non-ortho nitro benzene ring substituents is 1. The molecule has 0 bridgehead atoms. The topological polar surface area (TPSA) is 57.2 Å². The van der Waals surface area contributed by atoms with Gasteiger partial charge in [-0.15, -0.1) is 0 Å². The monoisotopic (exact) mass is 329 g/mol. The highest BCUT2D eigenvalue weighted by atomic mass is 16.6. The molecule has 3 rings (SSSR count). The minimum atomic E-state index is -0.408. The van der Waals surface area contributed by atoms with E-state index in [0.717, 1.165) is 22.4 Å². The van der Waals surface area contributed by atoms with Crippen LogP contribution in [0.5, 0.6) is 0 Å². The second kappa shape index (κ2) is 7.39. The quantitative estimate of drug-likeness (QED) is 0.315. The molecule has 0 aliphatic carbocycles. The lowest BCUT2D eigenvalue weighted by Crippen LogP contribution is -2.07. The maximum absolute atomic E-state index is 10.7. The largest absolute Gasteiger partial charge is 0.341 e. The van der Waals surface area contributed by atoms with E-state index in [4.69, 9.17) is 0 Å². The van der Waals surface area contributed by atoms with E-state index in [1.165, 1.54) is 17.7 Å². The summed E-state index contributed by atoms with van der Waals surface area (Å²) in [6.07, 6.45) is 1.73. The first kappa shape index (κ1) is 16.4. The molecule has 0 fully saturated rings. The third kappa shape index (κ3) is 4.08. The predicted octanol–water partition coefficient (Wildman–Crippen LogP) is 3.93. The van der Waals surface area contributed by atoms with E-state index in [1.54, 1.807) is 18.3 Å². The zero-order valence-corrected chi connectivity index (χ0v) is 13.8. The van der Waals surface area contributed by atoms with Gasteiger partial charge in [0.25, 0.3) is 5.69 Å². The molecule has 0 saturated heterocycles. The van der Waals surface area contributed by atoms with Crippen LogP contribution in [-0.2, 0) is 0 Å². The second-order valence-electron chi connectivity index (χ2n) is 5.69. The Morgan fingerprint density at radius 3 is 2.08 bits per heavy atom. The van der Waals surface area contributed by atoms with Crippen LogP contribution in [0, 0.1) is 17.0 Å². The van der Waals surface area contributed by atoms with Gasteiger partial charge in [0.05, 0.1) is 21.6 Å². The minimum Gasteiger partial charge on any atom is -0.258 e. The van der Waals surface area contributed by atoms with Crippen molar-refractivity contribution in [3.8, 4) is 0 Å². The van der Waals surface area contributed by atoms with E-state index in [9.17, 15) is 10.1 Å². The maximum atomic E-state index is 10.7. The molecule has 3 aromatic carbocycles. The molecular weight excluding hydrogens is 312 g/mol. The molecule has 0 spiro atoms. The summed E-state index contributed by atoms with van der Waals surface area (Å²) in [5.74, 6) is 0. The molecule has 0 N–H and O–H groups in total. The summed E-state index contributed by atoms with van der Waals surface area (Å²) in [5, 5.41) is 10.7. The summed E-state index contributed by atoms with van der Waals surface area (Å²) in [4.78, 5) is 10.3. The third-order valence-corrected chi connectivity index (χ3v) is 3.82. The molecule has 3 aromatic rings. The summed E-state index contributed by atoms with van der Waals surface area (Å²) >= 11 is 0. The Morgan fingerprint density at radius 1 is 0.880 bits per heavy atom. The van der Waals surface area contributed by atoms with E-state index in [-0.39, 0.29) is 5.69 Å². The fourth-order valence-electron chi connectivity index (χ4n) is 2.44. The fraction of sp³-hybridized carbons (Fsp3) is 0.0476. The van der Waals surface area contributed by atoms with Crippen molar-refractivity contribution in [2.24, 2.45) is 0 Å². The summed E-state index contributed by atoms with van der Waals surface area (Å²) in [6.45, 7) is 2.05. The molecule has 4 heteroatoms. The number of nitro benzene ring substituents is 1. The number of rotatable bonds is 4. The van der Waals surface area contributed by atoms with Crippen molar-refractivity contribution >= 4 is 17.6 Å². The molecule has 0 radical (unpaired) electrons. The van der Waals surface area contributed by atoms with E-state index in [1.807, 2.05) is 49.4 Å². The standard InChI is InChI=1S/C21H17N2O2/c1-16-7-11-19(12-8-16)21(18-5-3-2-4-6-18)22-15-17-9-13-20(14-10-17)23(24)25/h2-15H,1H3/q+1. The molecule has 0 unspecified atom stereocenters. The number of hydrogen-bond acceptors (Lipinski definition) is 2. The van der Waals surface area contributed by atoms with Gasteiger partial charge >= 0.3 is 11.9 Å². The molecule has 0 saturated carbocycles. The van der Waals surface area contributed by atoms with E-state index in [0.29, 0.717) is 0 Å². The first-order valence-corrected chi connectivity index (χ1v) is 7.91. The van der Waals surface area contributed by atoms with Crippen molar-refractivity contribution in [3.63, 3.8) is 0 Å². The first-order chi connectivity index (χ1) is 12.1. The molecule has 0 aliphatic heterocycles. The van der Waals surface area contributed by atoms with E-state index < -0.39 is 4.92 Å². The Labute approximate surface area is 146 Å². The average Bonchev–Trinajstić information content (AvgIpc) is 2.64. The Bertz CT molecular complexity index is 937. The second-order valence-corrected chi connectivity index (χ2v) is 5.69. The highest BCUT2D eigenvalue weighted by molar-refractivity contribution is 6.13. The van der Waals surface area contributed by atoms with Crippen LogP contribution < -0.4 is 4.67 Å². The van der Waals surface area contributed by atoms with Gasteiger partial charge in [0.1, 0.15) is 0 Å². The van der Waals surface area contributed by atoms with Crippen LogP contribution in [0.25, 0.3) is 0 Å². The van der Waals surface area contributed by atoms with Crippen LogP contribution >= 0.6 is 0 Å². The third-order valence-electron chi connectivity index (χ3n) is 3.82. The Hall–Kier alpha value is -3.49. The smallest absolute Gasteiger partial charge is 0.258 e. The summed E-state index contributed by atoms with van der Waals surface area (Å²) < 4.78 is 4.66. The number of hydrogen-bond donors (Lipinski definition) is 0. The Kier molecular flexibility index (Phi) is 4.84. The van der Waals surface area contributed by atoms with Gasteiger partial charge in [0.2, 0.25) is 0 Å². The van der Waals surface area contributed by atoms with Crippen LogP contribution in [-0.4, -0.2) is 16.8 Å². The van der Waals surface area contributed by atoms with Crippen LogP contribution in [0.3, 0.4) is 0 Å². The lowest BCUT2D eigenvalue weighted by molar-refractivity contribution is -0.384. The highest BCUT2D eigenvalue weighted by Crippen LogP contribution is 2.11. The van der Waals surface area contributed by atoms with Gasteiger partial charge in [-0.25, -0.2) is 0 Å². The minimum absolute atomic E-state index is 0.0722. The van der Waals surface area contributed by atoms with Crippen LogP contribution in [0.1, 0.15) is 22.3 Å². The molecule has 0 aromatic heterocycles. The summed E-state index contributed by atoms with van der Waals surface area (Å²) in [5.41, 5.74) is 4.98. The van der Waals surface area contributed by atoms with Gasteiger partial charge in [-0.3, -0.25) is 10.1 Å². The normalized spacial score (nSPS) is 9.96. The average molecular weight is 329 g/mol. The van der Waals surface area contributed by atoms with Gasteiger partial charge in [-0.2, -0.15) is 0 Å². The van der Waals surface area contributed by atoms with E-state index in [2.05, 4.69) is 16.8 Å². The number of nitrogens with zero attached hydrogens (tertiary/aromatic N) is 2. The molecule has 122 valence electrons. The molecule has 0 aliphatic rings. The molecule has 0 amide bonds. The van der Waals surface area contributed by atoms with Crippen molar-refractivity contribution < 1.29 is 4.92 Å². The van der Waals surface area contributed by atoms with Crippen molar-refractivity contribution in [3.05, 3.63) is 111 Å². The van der Waals surface area contributed by atoms with Crippen LogP contribution in [0.2, 0.25) is 0 Å². The van der Waals surface area contributed by atoms with E-state index >= 15 is 0 Å². The number of aryl methyl sites for hydroxylation is 1. The molecule has 0 heterocycles. The van der Waals surface area contributed by atoms with Gasteiger partial charge in [0, 0.05) is 12.1 Å². The Morgan fingerprint density at radius 2 is 1.48 bits per heavy atom. The SMILES string of the molecule is Cc1ccc(C(=[N+]=Cc2ccc([N+](=O)[O-])cc2)c2ccccc2)cc1. The zero-order valence-electron chi connectivity index (χ0n) is 13.8. The van der Waals surface area contributed by atoms with Gasteiger partial charge in [-0.05, 0) is 43.3 Å². The van der Waals surface area contributed by atoms with Gasteiger partial charge in [0.15, 0.2) is 0 Å². The highest BCUT2D eigenvalue weighted by Gasteiger charge is 2.16. The molecular formula is C21H17N2O2+. The lowest BCUT2D eigenvalue weighted by Gasteiger charge is -1.97. The Balaban J connectivity index is 2.05. The number of nitro groups is 1. The van der Waals surface area contributed by atoms with Crippen LogP contribution in [0.15, 0.2) is 78.9 Å². The van der Waals surface area contributed by atoms with Gasteiger partial charge < -0.3 is 0 Å². The summed E-state index contributed by atoms with van der Waals surface area (Å²) in [7, 11) is 0. The van der Waals surface area contributed by atoms with Crippen molar-refractivity contribution in [2.45, 2.75) is 6.92 Å². The van der Waals surface area contributed by atoms with Crippen molar-refractivity contribution in [1.29, 1.82) is 0 Å². The predicted molar refractivity (Wildman–Crippen MR) is 101 cm³/mol. The van der Waals surface area contributed by atoms with Crippen molar-refractivity contribution in [2.75, 3.05) is 0 Å². The maximum Gasteiger partial charge on any atom is 0.341 e. The molecule has 4 nitrogen and oxygen atoms in total. The fourth-order valence-corrected chi connectivity index (χ4v) is 2.44. The first-order valence-electron chi connectivity index (χ1n) is 7.91. The summed E-state index contributed by atoms with van der Waals surface area (Å²) in [6, 6.07) is 24.5.